The minimum Gasteiger partial charge on any atom is -0.360 e. The van der Waals surface area contributed by atoms with Gasteiger partial charge >= 0.3 is 0 Å². The molecule has 3 unspecified atom stereocenters. The number of carbonyl (C=O) groups is 2. The van der Waals surface area contributed by atoms with E-state index in [0.717, 1.165) is 0 Å². The number of nitrogens with zero attached hydrogens (tertiary/aromatic N) is 2. The molecular weight excluding hydrogens is 370 g/mol. The Labute approximate surface area is 159 Å². The molecule has 2 fully saturated rings. The third kappa shape index (κ3) is 2.42. The molecular formula is C19H16ClN3O4. The largest absolute Gasteiger partial charge is 0.360 e. The smallest absolute Gasteiger partial charge is 0.235 e. The molecule has 3 aliphatic rings. The van der Waals surface area contributed by atoms with Crippen molar-refractivity contribution < 1.29 is 18.8 Å². The molecule has 5 rings (SSSR count). The average molecular weight is 386 g/mol. The first kappa shape index (κ1) is 16.5. The minimum absolute atomic E-state index is 0.179. The van der Waals surface area contributed by atoms with Gasteiger partial charge in [-0.05, 0) is 25.1 Å². The summed E-state index contributed by atoms with van der Waals surface area (Å²) in [6, 6.07) is 8.61. The third-order valence-electron chi connectivity index (χ3n) is 5.39. The lowest BCUT2D eigenvalue weighted by atomic mass is 9.77. The van der Waals surface area contributed by atoms with E-state index < -0.39 is 23.5 Å². The Balaban J connectivity index is 1.44. The van der Waals surface area contributed by atoms with Crippen molar-refractivity contribution in [3.05, 3.63) is 53.3 Å². The number of amides is 2. The summed E-state index contributed by atoms with van der Waals surface area (Å²) in [4.78, 5) is 27.6. The molecule has 2 saturated heterocycles. The number of rotatable bonds is 3. The van der Waals surface area contributed by atoms with Crippen LogP contribution in [0.2, 0.25) is 5.02 Å². The van der Waals surface area contributed by atoms with Crippen LogP contribution in [0.4, 0.5) is 11.5 Å². The van der Waals surface area contributed by atoms with Crippen LogP contribution in [0.25, 0.3) is 0 Å². The van der Waals surface area contributed by atoms with Gasteiger partial charge in [-0.15, -0.1) is 0 Å². The predicted octanol–water partition coefficient (Wildman–Crippen LogP) is 2.56. The minimum atomic E-state index is -0.801. The number of anilines is 2. The summed E-state index contributed by atoms with van der Waals surface area (Å²) in [5.41, 5.74) is -0.215. The lowest BCUT2D eigenvalue weighted by Crippen LogP contribution is -2.41. The van der Waals surface area contributed by atoms with Gasteiger partial charge in [0, 0.05) is 16.8 Å². The van der Waals surface area contributed by atoms with Gasteiger partial charge in [0.05, 0.1) is 24.5 Å². The van der Waals surface area contributed by atoms with Crippen molar-refractivity contribution >= 4 is 34.9 Å². The van der Waals surface area contributed by atoms with Crippen LogP contribution in [0.5, 0.6) is 0 Å². The Kier molecular flexibility index (Phi) is 3.47. The van der Waals surface area contributed by atoms with Crippen LogP contribution < -0.4 is 10.2 Å². The molecule has 0 radical (unpaired) electrons. The van der Waals surface area contributed by atoms with E-state index in [9.17, 15) is 9.59 Å². The highest BCUT2D eigenvalue weighted by atomic mass is 35.5. The van der Waals surface area contributed by atoms with Gasteiger partial charge in [0.25, 0.3) is 0 Å². The summed E-state index contributed by atoms with van der Waals surface area (Å²) in [6.07, 6.45) is 3.35. The number of benzene rings is 1. The molecule has 1 aromatic heterocycles. The Bertz CT molecular complexity index is 987. The monoisotopic (exact) mass is 385 g/mol. The maximum atomic E-state index is 13.1. The fourth-order valence-electron chi connectivity index (χ4n) is 4.26. The normalized spacial score (nSPS) is 30.8. The van der Waals surface area contributed by atoms with Crippen molar-refractivity contribution in [2.45, 2.75) is 18.6 Å². The zero-order valence-corrected chi connectivity index (χ0v) is 15.1. The fraction of sp³-hybridized carbons (Fsp3) is 0.316. The molecule has 1 spiro atoms. The van der Waals surface area contributed by atoms with Crippen molar-refractivity contribution in [3.63, 3.8) is 0 Å². The molecule has 0 saturated carbocycles. The highest BCUT2D eigenvalue weighted by Gasteiger charge is 2.67. The SMILES string of the molecule is Cc1cc(N2C[C@]34C=CC(O3)C(C(=O)Nc3cccc(Cl)c3)C4C2=O)no1. The van der Waals surface area contributed by atoms with Crippen LogP contribution >= 0.6 is 11.6 Å². The summed E-state index contributed by atoms with van der Waals surface area (Å²) in [7, 11) is 0. The molecule has 8 heteroatoms. The molecule has 1 N–H and O–H groups in total. The quantitative estimate of drug-likeness (QED) is 0.821. The fourth-order valence-corrected chi connectivity index (χ4v) is 4.45. The number of hydrogen-bond donors (Lipinski definition) is 1. The van der Waals surface area contributed by atoms with Crippen molar-refractivity contribution in [3.8, 4) is 0 Å². The van der Waals surface area contributed by atoms with E-state index in [1.807, 2.05) is 12.2 Å². The Morgan fingerprint density at radius 3 is 3.00 bits per heavy atom. The van der Waals surface area contributed by atoms with E-state index in [-0.39, 0.29) is 11.8 Å². The van der Waals surface area contributed by atoms with Gasteiger partial charge < -0.3 is 14.6 Å². The molecule has 2 aromatic rings. The van der Waals surface area contributed by atoms with Gasteiger partial charge in [-0.2, -0.15) is 0 Å². The number of aromatic nitrogens is 1. The van der Waals surface area contributed by atoms with Crippen molar-refractivity contribution in [2.75, 3.05) is 16.8 Å². The zero-order valence-electron chi connectivity index (χ0n) is 14.4. The number of nitrogens with one attached hydrogen (secondary N) is 1. The van der Waals surface area contributed by atoms with E-state index >= 15 is 0 Å². The summed E-state index contributed by atoms with van der Waals surface area (Å²) in [5.74, 6) is -0.589. The van der Waals surface area contributed by atoms with Crippen LogP contribution in [0.15, 0.2) is 47.0 Å². The second kappa shape index (κ2) is 5.68. The number of carbonyl (C=O) groups excluding carboxylic acids is 2. The van der Waals surface area contributed by atoms with Crippen LogP contribution in [0, 0.1) is 18.8 Å². The molecule has 2 bridgehead atoms. The number of ether oxygens (including phenoxy) is 1. The molecule has 2 amide bonds. The number of aryl methyl sites for hydroxylation is 1. The van der Waals surface area contributed by atoms with E-state index in [1.165, 1.54) is 4.90 Å². The van der Waals surface area contributed by atoms with Crippen molar-refractivity contribution in [1.29, 1.82) is 0 Å². The standard InChI is InChI=1S/C19H16ClN3O4/c1-10-7-14(22-27-10)23-9-19-6-5-13(26-19)15(16(19)18(23)25)17(24)21-12-4-2-3-11(20)8-12/h2-8,13,15-16H,9H2,1H3,(H,21,24)/t13?,15?,16?,19-/m0/s1. The average Bonchev–Trinajstić information content (AvgIpc) is 3.36. The predicted molar refractivity (Wildman–Crippen MR) is 97.4 cm³/mol. The Morgan fingerprint density at radius 1 is 1.41 bits per heavy atom. The number of hydrogen-bond acceptors (Lipinski definition) is 5. The van der Waals surface area contributed by atoms with E-state index in [4.69, 9.17) is 20.9 Å². The lowest BCUT2D eigenvalue weighted by molar-refractivity contribution is -0.128. The van der Waals surface area contributed by atoms with Crippen LogP contribution in [-0.4, -0.2) is 35.2 Å². The van der Waals surface area contributed by atoms with Gasteiger partial charge in [-0.1, -0.05) is 35.0 Å². The van der Waals surface area contributed by atoms with Crippen LogP contribution in [0.1, 0.15) is 5.76 Å². The van der Waals surface area contributed by atoms with Gasteiger partial charge in [-0.3, -0.25) is 14.5 Å². The first-order valence-corrected chi connectivity index (χ1v) is 9.03. The van der Waals surface area contributed by atoms with E-state index in [1.54, 1.807) is 37.3 Å². The molecule has 4 atom stereocenters. The first-order valence-electron chi connectivity index (χ1n) is 8.65. The summed E-state index contributed by atoms with van der Waals surface area (Å²) in [6.45, 7) is 2.08. The molecule has 7 nitrogen and oxygen atoms in total. The first-order chi connectivity index (χ1) is 13.0. The number of fused-ring (bicyclic) bond motifs is 1. The molecule has 27 heavy (non-hydrogen) atoms. The Morgan fingerprint density at radius 2 is 2.26 bits per heavy atom. The molecule has 4 heterocycles. The Hall–Kier alpha value is -2.64. The zero-order chi connectivity index (χ0) is 18.8. The highest BCUT2D eigenvalue weighted by Crippen LogP contribution is 2.52. The lowest BCUT2D eigenvalue weighted by Gasteiger charge is -2.23. The van der Waals surface area contributed by atoms with Crippen molar-refractivity contribution in [1.82, 2.24) is 5.16 Å². The molecule has 1 aromatic carbocycles. The van der Waals surface area contributed by atoms with Gasteiger partial charge in [0.2, 0.25) is 11.8 Å². The third-order valence-corrected chi connectivity index (χ3v) is 5.62. The van der Waals surface area contributed by atoms with Gasteiger partial charge in [0.15, 0.2) is 5.82 Å². The summed E-state index contributed by atoms with van der Waals surface area (Å²) >= 11 is 5.99. The summed E-state index contributed by atoms with van der Waals surface area (Å²) in [5, 5.41) is 7.32. The van der Waals surface area contributed by atoms with Gasteiger partial charge in [-0.25, -0.2) is 0 Å². The topological polar surface area (TPSA) is 84.7 Å². The van der Waals surface area contributed by atoms with Crippen LogP contribution in [0.3, 0.4) is 0 Å². The van der Waals surface area contributed by atoms with E-state index in [2.05, 4.69) is 10.5 Å². The maximum absolute atomic E-state index is 13.1. The van der Waals surface area contributed by atoms with Gasteiger partial charge in [0.1, 0.15) is 11.4 Å². The van der Waals surface area contributed by atoms with E-state index in [0.29, 0.717) is 28.8 Å². The maximum Gasteiger partial charge on any atom is 0.235 e. The second-order valence-corrected chi connectivity index (χ2v) is 7.56. The number of halogens is 1. The molecule has 0 aliphatic carbocycles. The summed E-state index contributed by atoms with van der Waals surface area (Å²) < 4.78 is 11.2. The molecule has 3 aliphatic heterocycles. The van der Waals surface area contributed by atoms with Crippen LogP contribution in [-0.2, 0) is 14.3 Å². The molecule has 138 valence electrons. The second-order valence-electron chi connectivity index (χ2n) is 7.12. The highest BCUT2D eigenvalue weighted by molar-refractivity contribution is 6.30. The van der Waals surface area contributed by atoms with Crippen molar-refractivity contribution in [2.24, 2.45) is 11.8 Å².